The molecule has 1 aromatic carbocycles. The van der Waals surface area contributed by atoms with Crippen LogP contribution in [-0.2, 0) is 20.8 Å². The van der Waals surface area contributed by atoms with Crippen LogP contribution < -0.4 is 4.90 Å². The summed E-state index contributed by atoms with van der Waals surface area (Å²) >= 11 is 0. The Morgan fingerprint density at radius 1 is 1.13 bits per heavy atom. The SMILES string of the molecule is COC(=O)c1cnc2c(N(C)Cc3ccccc3)cc(-c3cn([C@@H]4CCOC[C@H]4OC)c4ncccc34)nn12. The maximum Gasteiger partial charge on any atom is 0.358 e. The molecule has 10 nitrogen and oxygen atoms in total. The van der Waals surface area contributed by atoms with E-state index in [1.54, 1.807) is 17.8 Å². The predicted molar refractivity (Wildman–Crippen MR) is 147 cm³/mol. The molecule has 6 rings (SSSR count). The normalized spacial score (nSPS) is 17.5. The number of imidazole rings is 1. The number of esters is 1. The van der Waals surface area contributed by atoms with E-state index in [0.29, 0.717) is 31.1 Å². The minimum atomic E-state index is -0.502. The van der Waals surface area contributed by atoms with Gasteiger partial charge in [0.15, 0.2) is 11.3 Å². The summed E-state index contributed by atoms with van der Waals surface area (Å²) in [5, 5.41) is 5.86. The smallest absolute Gasteiger partial charge is 0.358 e. The molecule has 0 radical (unpaired) electrons. The van der Waals surface area contributed by atoms with Crippen LogP contribution in [0.3, 0.4) is 0 Å². The van der Waals surface area contributed by atoms with Gasteiger partial charge < -0.3 is 23.7 Å². The molecular formula is C29H30N6O4. The summed E-state index contributed by atoms with van der Waals surface area (Å²) in [6.45, 7) is 1.84. The molecule has 200 valence electrons. The summed E-state index contributed by atoms with van der Waals surface area (Å²) in [7, 11) is 5.08. The Kier molecular flexibility index (Phi) is 6.72. The molecule has 0 aliphatic carbocycles. The van der Waals surface area contributed by atoms with Crippen molar-refractivity contribution in [3.05, 3.63) is 78.4 Å². The molecule has 1 saturated heterocycles. The highest BCUT2D eigenvalue weighted by molar-refractivity contribution is 5.95. The zero-order chi connectivity index (χ0) is 26.9. The third kappa shape index (κ3) is 4.51. The molecule has 1 aliphatic rings. The second-order valence-electron chi connectivity index (χ2n) is 9.66. The van der Waals surface area contributed by atoms with Gasteiger partial charge in [-0.3, -0.25) is 0 Å². The molecule has 1 fully saturated rings. The Balaban J connectivity index is 1.53. The number of carbonyl (C=O) groups excluding carboxylic acids is 1. The van der Waals surface area contributed by atoms with Gasteiger partial charge >= 0.3 is 5.97 Å². The molecule has 0 saturated carbocycles. The Morgan fingerprint density at radius 3 is 2.77 bits per heavy atom. The predicted octanol–water partition coefficient (Wildman–Crippen LogP) is 4.15. The Hall–Kier alpha value is -4.28. The molecule has 0 spiro atoms. The average Bonchev–Trinajstić information content (AvgIpc) is 3.59. The number of carbonyl (C=O) groups is 1. The number of hydrogen-bond acceptors (Lipinski definition) is 8. The number of nitrogens with zero attached hydrogens (tertiary/aromatic N) is 6. The molecule has 5 aromatic rings. The molecule has 2 atom stereocenters. The van der Waals surface area contributed by atoms with Crippen molar-refractivity contribution in [2.75, 3.05) is 39.4 Å². The van der Waals surface area contributed by atoms with Crippen molar-refractivity contribution in [3.63, 3.8) is 0 Å². The molecule has 5 heterocycles. The lowest BCUT2D eigenvalue weighted by molar-refractivity contribution is -0.0592. The van der Waals surface area contributed by atoms with Crippen LogP contribution in [0.1, 0.15) is 28.5 Å². The number of methoxy groups -OCH3 is 2. The summed E-state index contributed by atoms with van der Waals surface area (Å²) in [6.07, 6.45) is 6.11. The first-order valence-electron chi connectivity index (χ1n) is 12.9. The quantitative estimate of drug-likeness (QED) is 0.292. The zero-order valence-electron chi connectivity index (χ0n) is 22.2. The molecule has 4 aromatic heterocycles. The monoisotopic (exact) mass is 526 g/mol. The Morgan fingerprint density at radius 2 is 1.97 bits per heavy atom. The average molecular weight is 527 g/mol. The van der Waals surface area contributed by atoms with Crippen LogP contribution in [0.2, 0.25) is 0 Å². The Bertz CT molecular complexity index is 1630. The fourth-order valence-electron chi connectivity index (χ4n) is 5.33. The topological polar surface area (TPSA) is 96.0 Å². The number of benzene rings is 1. The number of anilines is 1. The van der Waals surface area contributed by atoms with Crippen LogP contribution in [0.5, 0.6) is 0 Å². The van der Waals surface area contributed by atoms with Gasteiger partial charge in [0.1, 0.15) is 11.8 Å². The zero-order valence-corrected chi connectivity index (χ0v) is 22.2. The van der Waals surface area contributed by atoms with E-state index >= 15 is 0 Å². The number of ether oxygens (including phenoxy) is 3. The Labute approximate surface area is 225 Å². The van der Waals surface area contributed by atoms with Gasteiger partial charge in [0.05, 0.1) is 37.3 Å². The van der Waals surface area contributed by atoms with Gasteiger partial charge in [-0.2, -0.15) is 5.10 Å². The first kappa shape index (κ1) is 25.0. The van der Waals surface area contributed by atoms with Crippen molar-refractivity contribution in [1.82, 2.24) is 24.1 Å². The third-order valence-electron chi connectivity index (χ3n) is 7.31. The van der Waals surface area contributed by atoms with Crippen molar-refractivity contribution in [1.29, 1.82) is 0 Å². The second kappa shape index (κ2) is 10.5. The van der Waals surface area contributed by atoms with E-state index < -0.39 is 5.97 Å². The van der Waals surface area contributed by atoms with Crippen molar-refractivity contribution in [2.45, 2.75) is 25.1 Å². The highest BCUT2D eigenvalue weighted by Crippen LogP contribution is 2.36. The van der Waals surface area contributed by atoms with Gasteiger partial charge in [-0.25, -0.2) is 19.3 Å². The maximum absolute atomic E-state index is 12.6. The number of pyridine rings is 1. The third-order valence-corrected chi connectivity index (χ3v) is 7.31. The molecule has 0 amide bonds. The van der Waals surface area contributed by atoms with Gasteiger partial charge in [0.2, 0.25) is 0 Å². The first-order chi connectivity index (χ1) is 19.1. The molecule has 10 heteroatoms. The van der Waals surface area contributed by atoms with Crippen LogP contribution in [0.25, 0.3) is 27.9 Å². The standard InChI is InChI=1S/C29H30N6O4/c1-33(16-19-8-5-4-6-9-19)24-14-22(32-35-25(29(36)38-3)15-31-28(24)35)21-17-34(27-20(21)10-7-12-30-27)23-11-13-39-18-26(23)37-2/h4-10,12,14-15,17,23,26H,11,13,16,18H2,1-3H3/t23-,26-/m1/s1. The summed E-state index contributed by atoms with van der Waals surface area (Å²) in [4.78, 5) is 24.0. The fraction of sp³-hybridized carbons (Fsp3) is 0.310. The van der Waals surface area contributed by atoms with Crippen LogP contribution in [0, 0.1) is 0 Å². The molecular weight excluding hydrogens is 496 g/mol. The summed E-state index contributed by atoms with van der Waals surface area (Å²) < 4.78 is 20.2. The van der Waals surface area contributed by atoms with Gasteiger partial charge in [-0.1, -0.05) is 30.3 Å². The lowest BCUT2D eigenvalue weighted by Gasteiger charge is -2.31. The van der Waals surface area contributed by atoms with Crippen LogP contribution >= 0.6 is 0 Å². The van der Waals surface area contributed by atoms with Crippen molar-refractivity contribution in [3.8, 4) is 11.3 Å². The number of hydrogen-bond donors (Lipinski definition) is 0. The van der Waals surface area contributed by atoms with Gasteiger partial charge in [-0.05, 0) is 30.2 Å². The molecule has 0 bridgehead atoms. The van der Waals surface area contributed by atoms with E-state index in [-0.39, 0.29) is 17.8 Å². The van der Waals surface area contributed by atoms with Gasteiger partial charge in [-0.15, -0.1) is 0 Å². The highest BCUT2D eigenvalue weighted by atomic mass is 16.5. The summed E-state index contributed by atoms with van der Waals surface area (Å²) in [6, 6.07) is 16.3. The maximum atomic E-state index is 12.6. The minimum absolute atomic E-state index is 0.0673. The minimum Gasteiger partial charge on any atom is -0.464 e. The molecule has 39 heavy (non-hydrogen) atoms. The van der Waals surface area contributed by atoms with Gasteiger partial charge in [0.25, 0.3) is 0 Å². The molecule has 1 aliphatic heterocycles. The number of rotatable bonds is 7. The largest absolute Gasteiger partial charge is 0.464 e. The number of fused-ring (bicyclic) bond motifs is 2. The van der Waals surface area contributed by atoms with E-state index in [1.807, 2.05) is 43.4 Å². The highest BCUT2D eigenvalue weighted by Gasteiger charge is 2.30. The van der Waals surface area contributed by atoms with Crippen molar-refractivity contribution >= 4 is 28.3 Å². The molecule has 0 unspecified atom stereocenters. The van der Waals surface area contributed by atoms with Crippen molar-refractivity contribution in [2.24, 2.45) is 0 Å². The summed E-state index contributed by atoms with van der Waals surface area (Å²) in [5.74, 6) is -0.502. The van der Waals surface area contributed by atoms with E-state index in [1.165, 1.54) is 13.3 Å². The lowest BCUT2D eigenvalue weighted by Crippen LogP contribution is -2.35. The van der Waals surface area contributed by atoms with Crippen LogP contribution in [0.15, 0.2) is 67.1 Å². The van der Waals surface area contributed by atoms with E-state index in [2.05, 4.69) is 32.8 Å². The second-order valence-corrected chi connectivity index (χ2v) is 9.66. The molecule has 0 N–H and O–H groups in total. The van der Waals surface area contributed by atoms with Crippen molar-refractivity contribution < 1.29 is 19.0 Å². The van der Waals surface area contributed by atoms with E-state index in [9.17, 15) is 4.79 Å². The van der Waals surface area contributed by atoms with Crippen LogP contribution in [-0.4, -0.2) is 70.7 Å². The fourth-order valence-corrected chi connectivity index (χ4v) is 5.33. The summed E-state index contributed by atoms with van der Waals surface area (Å²) in [5.41, 5.74) is 5.27. The lowest BCUT2D eigenvalue weighted by atomic mass is 10.1. The van der Waals surface area contributed by atoms with E-state index in [4.69, 9.17) is 24.3 Å². The van der Waals surface area contributed by atoms with Gasteiger partial charge in [0, 0.05) is 50.7 Å². The van der Waals surface area contributed by atoms with Crippen LogP contribution in [0.4, 0.5) is 5.69 Å². The number of aromatic nitrogens is 5. The first-order valence-corrected chi connectivity index (χ1v) is 12.9. The van der Waals surface area contributed by atoms with E-state index in [0.717, 1.165) is 34.3 Å².